The number of hydrogen-bond acceptors (Lipinski definition) is 2. The molecule has 2 rings (SSSR count). The molecule has 17 heavy (non-hydrogen) atoms. The number of ketones is 1. The molecule has 0 unspecified atom stereocenters. The van der Waals surface area contributed by atoms with E-state index in [9.17, 15) is 14.3 Å². The molecule has 0 aliphatic heterocycles. The van der Waals surface area contributed by atoms with Crippen LogP contribution >= 0.6 is 0 Å². The molecule has 1 aliphatic rings. The van der Waals surface area contributed by atoms with Gasteiger partial charge in [0.05, 0.1) is 5.56 Å². The number of Topliss-reactive ketones (excluding diaryl/α,β-unsaturated/α-hetero) is 1. The summed E-state index contributed by atoms with van der Waals surface area (Å²) < 4.78 is 13.6. The smallest absolute Gasteiger partial charge is 0.197 e. The van der Waals surface area contributed by atoms with Crippen LogP contribution < -0.4 is 0 Å². The average Bonchev–Trinajstić information content (AvgIpc) is 2.32. The highest BCUT2D eigenvalue weighted by atomic mass is 19.1. The van der Waals surface area contributed by atoms with E-state index >= 15 is 0 Å². The van der Waals surface area contributed by atoms with E-state index in [1.807, 2.05) is 0 Å². The topological polar surface area (TPSA) is 37.3 Å². The first-order chi connectivity index (χ1) is 8.03. The average molecular weight is 236 g/mol. The van der Waals surface area contributed by atoms with Gasteiger partial charge in [0.25, 0.3) is 0 Å². The van der Waals surface area contributed by atoms with E-state index in [2.05, 4.69) is 0 Å². The molecule has 1 aromatic rings. The van der Waals surface area contributed by atoms with Gasteiger partial charge in [-0.2, -0.15) is 0 Å². The largest absolute Gasteiger partial charge is 0.382 e. The lowest BCUT2D eigenvalue weighted by molar-refractivity contribution is 0.0112. The lowest BCUT2D eigenvalue weighted by atomic mass is 9.79. The zero-order valence-corrected chi connectivity index (χ0v) is 10.0. The van der Waals surface area contributed by atoms with Crippen molar-refractivity contribution < 1.29 is 14.3 Å². The minimum Gasteiger partial charge on any atom is -0.382 e. The Labute approximate surface area is 100 Å². The Balaban J connectivity index is 2.32. The highest BCUT2D eigenvalue weighted by Gasteiger charge is 2.38. The van der Waals surface area contributed by atoms with Gasteiger partial charge in [-0.05, 0) is 31.9 Å². The minimum atomic E-state index is -1.35. The zero-order valence-electron chi connectivity index (χ0n) is 10.0. The van der Waals surface area contributed by atoms with E-state index in [1.165, 1.54) is 12.1 Å². The van der Waals surface area contributed by atoms with Crippen LogP contribution in [0.5, 0.6) is 0 Å². The third kappa shape index (κ3) is 2.39. The van der Waals surface area contributed by atoms with E-state index in [-0.39, 0.29) is 5.56 Å². The molecule has 0 saturated heterocycles. The Hall–Kier alpha value is -1.22. The number of aryl methyl sites for hydroxylation is 1. The number of carbonyl (C=O) groups excluding carboxylic acids is 1. The van der Waals surface area contributed by atoms with Crippen molar-refractivity contribution in [3.05, 3.63) is 35.1 Å². The molecule has 1 aromatic carbocycles. The second kappa shape index (κ2) is 4.57. The summed E-state index contributed by atoms with van der Waals surface area (Å²) in [5, 5.41) is 10.3. The van der Waals surface area contributed by atoms with Crippen LogP contribution in [0.25, 0.3) is 0 Å². The molecule has 2 nitrogen and oxygen atoms in total. The van der Waals surface area contributed by atoms with Gasteiger partial charge in [-0.25, -0.2) is 4.39 Å². The van der Waals surface area contributed by atoms with Crippen molar-refractivity contribution in [3.8, 4) is 0 Å². The fourth-order valence-electron chi connectivity index (χ4n) is 2.43. The van der Waals surface area contributed by atoms with Crippen LogP contribution in [0.1, 0.15) is 48.0 Å². The summed E-state index contributed by atoms with van der Waals surface area (Å²) in [6, 6.07) is 4.43. The molecule has 1 N–H and O–H groups in total. The van der Waals surface area contributed by atoms with Crippen LogP contribution in [-0.4, -0.2) is 16.5 Å². The predicted molar refractivity (Wildman–Crippen MR) is 63.5 cm³/mol. The molecule has 92 valence electrons. The summed E-state index contributed by atoms with van der Waals surface area (Å²) in [5.74, 6) is -1.00. The van der Waals surface area contributed by atoms with Crippen molar-refractivity contribution in [3.63, 3.8) is 0 Å². The second-order valence-electron chi connectivity index (χ2n) is 4.90. The van der Waals surface area contributed by atoms with Gasteiger partial charge in [0.2, 0.25) is 0 Å². The first-order valence-corrected chi connectivity index (χ1v) is 6.06. The first-order valence-electron chi connectivity index (χ1n) is 6.06. The van der Waals surface area contributed by atoms with E-state index < -0.39 is 17.2 Å². The van der Waals surface area contributed by atoms with E-state index in [4.69, 9.17) is 0 Å². The van der Waals surface area contributed by atoms with Gasteiger partial charge in [0.1, 0.15) is 11.4 Å². The molecule has 1 fully saturated rings. The maximum atomic E-state index is 13.6. The molecule has 0 atom stereocenters. The van der Waals surface area contributed by atoms with Crippen LogP contribution in [-0.2, 0) is 0 Å². The van der Waals surface area contributed by atoms with Crippen LogP contribution in [0.15, 0.2) is 18.2 Å². The number of benzene rings is 1. The lowest BCUT2D eigenvalue weighted by Crippen LogP contribution is -2.40. The molecule has 0 bridgehead atoms. The lowest BCUT2D eigenvalue weighted by Gasteiger charge is -2.30. The Morgan fingerprint density at radius 1 is 1.29 bits per heavy atom. The Kier molecular flexibility index (Phi) is 3.29. The third-order valence-electron chi connectivity index (χ3n) is 3.47. The number of halogens is 1. The van der Waals surface area contributed by atoms with Gasteiger partial charge in [-0.15, -0.1) is 0 Å². The fraction of sp³-hybridized carbons (Fsp3) is 0.500. The molecule has 3 heteroatoms. The molecule has 0 aromatic heterocycles. The van der Waals surface area contributed by atoms with Gasteiger partial charge in [-0.1, -0.05) is 30.9 Å². The SMILES string of the molecule is Cc1ccc(F)c(C(=O)C2(O)CCCCC2)c1. The van der Waals surface area contributed by atoms with Gasteiger partial charge in [-0.3, -0.25) is 4.79 Å². The predicted octanol–water partition coefficient (Wildman–Crippen LogP) is 3.01. The monoisotopic (exact) mass is 236 g/mol. The van der Waals surface area contributed by atoms with Crippen molar-refractivity contribution in [2.24, 2.45) is 0 Å². The molecule has 0 radical (unpaired) electrons. The number of hydrogen-bond donors (Lipinski definition) is 1. The van der Waals surface area contributed by atoms with E-state index in [1.54, 1.807) is 13.0 Å². The number of aliphatic hydroxyl groups is 1. The first kappa shape index (κ1) is 12.2. The highest BCUT2D eigenvalue weighted by Crippen LogP contribution is 2.31. The summed E-state index contributed by atoms with van der Waals surface area (Å²) in [4.78, 5) is 12.2. The van der Waals surface area contributed by atoms with E-state index in [0.717, 1.165) is 24.8 Å². The summed E-state index contributed by atoms with van der Waals surface area (Å²) in [5.41, 5.74) is -0.504. The standard InChI is InChI=1S/C14H17FO2/c1-10-5-6-12(15)11(9-10)13(16)14(17)7-3-2-4-8-14/h5-6,9,17H,2-4,7-8H2,1H3. The maximum absolute atomic E-state index is 13.6. The maximum Gasteiger partial charge on any atom is 0.197 e. The molecule has 1 saturated carbocycles. The summed E-state index contributed by atoms with van der Waals surface area (Å²) in [6.07, 6.45) is 3.58. The molecule has 1 aliphatic carbocycles. The van der Waals surface area contributed by atoms with Crippen LogP contribution in [0.3, 0.4) is 0 Å². The number of rotatable bonds is 2. The van der Waals surface area contributed by atoms with Gasteiger partial charge in [0.15, 0.2) is 5.78 Å². The van der Waals surface area contributed by atoms with Crippen molar-refractivity contribution in [1.29, 1.82) is 0 Å². The van der Waals surface area contributed by atoms with Crippen molar-refractivity contribution in [2.45, 2.75) is 44.6 Å². The zero-order chi connectivity index (χ0) is 12.5. The number of carbonyl (C=O) groups is 1. The minimum absolute atomic E-state index is 0.0226. The van der Waals surface area contributed by atoms with Gasteiger partial charge < -0.3 is 5.11 Å². The quantitative estimate of drug-likeness (QED) is 0.801. The Morgan fingerprint density at radius 3 is 2.59 bits per heavy atom. The third-order valence-corrected chi connectivity index (χ3v) is 3.47. The Bertz CT molecular complexity index is 434. The Morgan fingerprint density at radius 2 is 1.94 bits per heavy atom. The van der Waals surface area contributed by atoms with E-state index in [0.29, 0.717) is 12.8 Å². The molecular formula is C14H17FO2. The fourth-order valence-corrected chi connectivity index (χ4v) is 2.43. The van der Waals surface area contributed by atoms with Crippen molar-refractivity contribution >= 4 is 5.78 Å². The molecular weight excluding hydrogens is 219 g/mol. The highest BCUT2D eigenvalue weighted by molar-refractivity contribution is 6.02. The molecule has 0 heterocycles. The summed E-state index contributed by atoms with van der Waals surface area (Å²) in [7, 11) is 0. The normalized spacial score (nSPS) is 19.0. The van der Waals surface area contributed by atoms with Crippen molar-refractivity contribution in [1.82, 2.24) is 0 Å². The summed E-state index contributed by atoms with van der Waals surface area (Å²) >= 11 is 0. The summed E-state index contributed by atoms with van der Waals surface area (Å²) in [6.45, 7) is 1.81. The molecule has 0 spiro atoms. The van der Waals surface area contributed by atoms with Crippen LogP contribution in [0.2, 0.25) is 0 Å². The second-order valence-corrected chi connectivity index (χ2v) is 4.90. The van der Waals surface area contributed by atoms with Gasteiger partial charge >= 0.3 is 0 Å². The van der Waals surface area contributed by atoms with Crippen molar-refractivity contribution in [2.75, 3.05) is 0 Å². The van der Waals surface area contributed by atoms with Crippen LogP contribution in [0.4, 0.5) is 4.39 Å². The van der Waals surface area contributed by atoms with Crippen LogP contribution in [0, 0.1) is 12.7 Å². The molecule has 0 amide bonds. The van der Waals surface area contributed by atoms with Gasteiger partial charge in [0, 0.05) is 0 Å².